The Morgan fingerprint density at radius 2 is 1.96 bits per heavy atom. The Bertz CT molecular complexity index is 461. The Kier molecular flexibility index (Phi) is 7.32. The topological polar surface area (TPSA) is 65.0 Å². The van der Waals surface area contributed by atoms with E-state index in [2.05, 4.69) is 22.2 Å². The fourth-order valence-corrected chi connectivity index (χ4v) is 2.69. The third-order valence-electron chi connectivity index (χ3n) is 4.22. The van der Waals surface area contributed by atoms with E-state index in [-0.39, 0.29) is 19.3 Å². The molecule has 1 atom stereocenters. The number of alkyl carbamates (subject to hydrolysis) is 1. The quantitative estimate of drug-likeness (QED) is 0.781. The highest BCUT2D eigenvalue weighted by atomic mass is 16.5. The lowest BCUT2D eigenvalue weighted by molar-refractivity contribution is 0.0699. The molecule has 0 saturated carbocycles. The van der Waals surface area contributed by atoms with E-state index >= 15 is 0 Å². The van der Waals surface area contributed by atoms with E-state index in [0.29, 0.717) is 6.54 Å². The van der Waals surface area contributed by atoms with Crippen LogP contribution >= 0.6 is 0 Å². The third kappa shape index (κ3) is 6.17. The van der Waals surface area contributed by atoms with E-state index in [0.717, 1.165) is 38.2 Å². The number of likely N-dealkylation sites (N-methyl/N-ethyl adjacent to an activating group) is 1. The lowest BCUT2D eigenvalue weighted by Gasteiger charge is -2.37. The summed E-state index contributed by atoms with van der Waals surface area (Å²) in [6.07, 6.45) is 0.310. The summed E-state index contributed by atoms with van der Waals surface area (Å²) < 4.78 is 5.17. The van der Waals surface area contributed by atoms with Gasteiger partial charge in [-0.05, 0) is 19.0 Å². The fourth-order valence-electron chi connectivity index (χ4n) is 2.69. The van der Waals surface area contributed by atoms with Crippen molar-refractivity contribution in [2.75, 3.05) is 46.4 Å². The molecule has 2 rings (SSSR count). The van der Waals surface area contributed by atoms with E-state index in [4.69, 9.17) is 4.74 Å². The summed E-state index contributed by atoms with van der Waals surface area (Å²) >= 11 is 0. The van der Waals surface area contributed by atoms with Gasteiger partial charge in [0.25, 0.3) is 0 Å². The van der Waals surface area contributed by atoms with Crippen molar-refractivity contribution in [1.29, 1.82) is 0 Å². The van der Waals surface area contributed by atoms with Crippen molar-refractivity contribution in [3.05, 3.63) is 35.9 Å². The highest BCUT2D eigenvalue weighted by molar-refractivity contribution is 5.67. The van der Waals surface area contributed by atoms with Crippen LogP contribution < -0.4 is 5.32 Å². The molecule has 0 bridgehead atoms. The van der Waals surface area contributed by atoms with Crippen molar-refractivity contribution in [1.82, 2.24) is 15.1 Å². The van der Waals surface area contributed by atoms with Crippen molar-refractivity contribution in [2.24, 2.45) is 0 Å². The van der Waals surface area contributed by atoms with Crippen LogP contribution in [0.1, 0.15) is 12.0 Å². The molecule has 1 heterocycles. The Morgan fingerprint density at radius 1 is 1.26 bits per heavy atom. The van der Waals surface area contributed by atoms with Gasteiger partial charge in [0.05, 0.1) is 6.61 Å². The standard InChI is InChI=1S/C17H27N3O3/c1-19-9-11-20(12-10-19)16(13-21)7-8-18-17(22)23-14-15-5-3-2-4-6-15/h2-6,16,21H,7-14H2,1H3,(H,18,22). The zero-order chi connectivity index (χ0) is 16.5. The number of amides is 1. The van der Waals surface area contributed by atoms with Crippen molar-refractivity contribution in [3.63, 3.8) is 0 Å². The maximum Gasteiger partial charge on any atom is 0.407 e. The van der Waals surface area contributed by atoms with Gasteiger partial charge in [-0.1, -0.05) is 30.3 Å². The van der Waals surface area contributed by atoms with Crippen molar-refractivity contribution >= 4 is 6.09 Å². The number of piperazine rings is 1. The van der Waals surface area contributed by atoms with Gasteiger partial charge in [-0.3, -0.25) is 4.90 Å². The van der Waals surface area contributed by atoms with Gasteiger partial charge in [0.1, 0.15) is 6.61 Å². The first-order chi connectivity index (χ1) is 11.2. The smallest absolute Gasteiger partial charge is 0.407 e. The molecule has 6 nitrogen and oxygen atoms in total. The van der Waals surface area contributed by atoms with Crippen LogP contribution in [-0.2, 0) is 11.3 Å². The molecule has 0 aromatic heterocycles. The predicted molar refractivity (Wildman–Crippen MR) is 89.2 cm³/mol. The molecule has 23 heavy (non-hydrogen) atoms. The van der Waals surface area contributed by atoms with Crippen LogP contribution in [0.3, 0.4) is 0 Å². The number of aliphatic hydroxyl groups excluding tert-OH is 1. The van der Waals surface area contributed by atoms with Gasteiger partial charge in [-0.25, -0.2) is 4.79 Å². The van der Waals surface area contributed by atoms with Crippen LogP contribution in [0.15, 0.2) is 30.3 Å². The average Bonchev–Trinajstić information content (AvgIpc) is 2.59. The number of aliphatic hydroxyl groups is 1. The van der Waals surface area contributed by atoms with Crippen LogP contribution in [0.4, 0.5) is 4.79 Å². The van der Waals surface area contributed by atoms with Gasteiger partial charge in [0.2, 0.25) is 0 Å². The highest BCUT2D eigenvalue weighted by Crippen LogP contribution is 2.08. The zero-order valence-corrected chi connectivity index (χ0v) is 13.8. The zero-order valence-electron chi connectivity index (χ0n) is 13.8. The predicted octanol–water partition coefficient (Wildman–Crippen LogP) is 0.911. The van der Waals surface area contributed by atoms with Crippen molar-refractivity contribution < 1.29 is 14.6 Å². The molecule has 0 aliphatic carbocycles. The van der Waals surface area contributed by atoms with Gasteiger partial charge < -0.3 is 20.1 Å². The van der Waals surface area contributed by atoms with Crippen molar-refractivity contribution in [2.45, 2.75) is 19.1 Å². The number of nitrogens with one attached hydrogen (secondary N) is 1. The van der Waals surface area contributed by atoms with Crippen LogP contribution in [0.2, 0.25) is 0 Å². The molecule has 1 amide bonds. The molecule has 1 aromatic rings. The summed E-state index contributed by atoms with van der Waals surface area (Å²) in [5.41, 5.74) is 0.966. The van der Waals surface area contributed by atoms with Crippen molar-refractivity contribution in [3.8, 4) is 0 Å². The summed E-state index contributed by atoms with van der Waals surface area (Å²) in [5.74, 6) is 0. The summed E-state index contributed by atoms with van der Waals surface area (Å²) in [7, 11) is 2.11. The molecular weight excluding hydrogens is 294 g/mol. The first kappa shape index (κ1) is 17.7. The molecular formula is C17H27N3O3. The van der Waals surface area contributed by atoms with E-state index in [1.165, 1.54) is 0 Å². The number of nitrogens with zero attached hydrogens (tertiary/aromatic N) is 2. The second-order valence-corrected chi connectivity index (χ2v) is 5.95. The Hall–Kier alpha value is -1.63. The molecule has 1 fully saturated rings. The lowest BCUT2D eigenvalue weighted by atomic mass is 10.1. The van der Waals surface area contributed by atoms with E-state index in [1.807, 2.05) is 30.3 Å². The maximum atomic E-state index is 11.7. The van der Waals surface area contributed by atoms with E-state index < -0.39 is 6.09 Å². The molecule has 1 unspecified atom stereocenters. The fraction of sp³-hybridized carbons (Fsp3) is 0.588. The minimum absolute atomic E-state index is 0.0955. The molecule has 6 heteroatoms. The average molecular weight is 321 g/mol. The van der Waals surface area contributed by atoms with E-state index in [9.17, 15) is 9.90 Å². The third-order valence-corrected chi connectivity index (χ3v) is 4.22. The van der Waals surface area contributed by atoms with Gasteiger partial charge in [0, 0.05) is 38.8 Å². The number of rotatable bonds is 7. The molecule has 1 saturated heterocycles. The summed E-state index contributed by atoms with van der Waals surface area (Å²) in [4.78, 5) is 16.3. The second kappa shape index (κ2) is 9.50. The van der Waals surface area contributed by atoms with Gasteiger partial charge in [0.15, 0.2) is 0 Å². The number of hydrogen-bond acceptors (Lipinski definition) is 5. The first-order valence-corrected chi connectivity index (χ1v) is 8.17. The Balaban J connectivity index is 1.63. The lowest BCUT2D eigenvalue weighted by Crippen LogP contribution is -2.50. The molecule has 0 radical (unpaired) electrons. The Labute approximate surface area is 138 Å². The molecule has 2 N–H and O–H groups in total. The highest BCUT2D eigenvalue weighted by Gasteiger charge is 2.21. The number of hydrogen-bond donors (Lipinski definition) is 2. The monoisotopic (exact) mass is 321 g/mol. The van der Waals surface area contributed by atoms with Crippen LogP contribution in [-0.4, -0.2) is 73.4 Å². The largest absolute Gasteiger partial charge is 0.445 e. The number of benzene rings is 1. The number of ether oxygens (including phenoxy) is 1. The van der Waals surface area contributed by atoms with Crippen LogP contribution in [0.5, 0.6) is 0 Å². The van der Waals surface area contributed by atoms with Gasteiger partial charge in [-0.15, -0.1) is 0 Å². The van der Waals surface area contributed by atoms with Crippen LogP contribution in [0, 0.1) is 0 Å². The van der Waals surface area contributed by atoms with Gasteiger partial charge >= 0.3 is 6.09 Å². The normalized spacial score (nSPS) is 17.7. The summed E-state index contributed by atoms with van der Waals surface area (Å²) in [6.45, 7) is 4.84. The second-order valence-electron chi connectivity index (χ2n) is 5.95. The molecule has 1 aliphatic rings. The van der Waals surface area contributed by atoms with Gasteiger partial charge in [-0.2, -0.15) is 0 Å². The summed E-state index contributed by atoms with van der Waals surface area (Å²) in [5, 5.41) is 12.3. The molecule has 1 aliphatic heterocycles. The molecule has 0 spiro atoms. The van der Waals surface area contributed by atoms with Crippen LogP contribution in [0.25, 0.3) is 0 Å². The Morgan fingerprint density at radius 3 is 2.61 bits per heavy atom. The van der Waals surface area contributed by atoms with E-state index in [1.54, 1.807) is 0 Å². The first-order valence-electron chi connectivity index (χ1n) is 8.17. The SMILES string of the molecule is CN1CCN(C(CO)CCNC(=O)OCc2ccccc2)CC1. The number of carbonyl (C=O) groups is 1. The maximum absolute atomic E-state index is 11.7. The number of carbonyl (C=O) groups excluding carboxylic acids is 1. The molecule has 1 aromatic carbocycles. The summed E-state index contributed by atoms with van der Waals surface area (Å²) in [6, 6.07) is 9.69. The molecule has 128 valence electrons. The minimum Gasteiger partial charge on any atom is -0.445 e. The minimum atomic E-state index is -0.413.